The first kappa shape index (κ1) is 16.7. The predicted octanol–water partition coefficient (Wildman–Crippen LogP) is 2.93. The highest BCUT2D eigenvalue weighted by Gasteiger charge is 2.24. The second-order valence-corrected chi connectivity index (χ2v) is 6.18. The maximum absolute atomic E-state index is 11.0. The fraction of sp³-hybridized carbons (Fsp3) is 0.733. The molecule has 1 N–H and O–H groups in total. The minimum absolute atomic E-state index is 0.0291. The standard InChI is InChI=1S/C15H27N3O2/c1-6-13(7-2)18-9-8-12(16-18)10-17(11-14(19)20)15(3,4)5/h8-9,13H,6-7,10-11H2,1-5H3,(H,19,20). The van der Waals surface area contributed by atoms with Crippen LogP contribution in [0.15, 0.2) is 12.3 Å². The van der Waals surface area contributed by atoms with E-state index in [4.69, 9.17) is 5.11 Å². The van der Waals surface area contributed by atoms with Crippen LogP contribution in [0.1, 0.15) is 59.2 Å². The van der Waals surface area contributed by atoms with Crippen LogP contribution in [0.5, 0.6) is 0 Å². The maximum Gasteiger partial charge on any atom is 0.317 e. The van der Waals surface area contributed by atoms with Crippen LogP contribution in [0.4, 0.5) is 0 Å². The predicted molar refractivity (Wildman–Crippen MR) is 79.6 cm³/mol. The van der Waals surface area contributed by atoms with Crippen molar-refractivity contribution in [2.24, 2.45) is 0 Å². The van der Waals surface area contributed by atoms with E-state index in [1.165, 1.54) is 0 Å². The quantitative estimate of drug-likeness (QED) is 0.835. The molecular formula is C15H27N3O2. The van der Waals surface area contributed by atoms with Crippen LogP contribution in [-0.4, -0.2) is 37.8 Å². The van der Waals surface area contributed by atoms with Gasteiger partial charge in [-0.2, -0.15) is 5.10 Å². The summed E-state index contributed by atoms with van der Waals surface area (Å²) in [5, 5.41) is 13.6. The summed E-state index contributed by atoms with van der Waals surface area (Å²) in [5.41, 5.74) is 0.727. The summed E-state index contributed by atoms with van der Waals surface area (Å²) in [7, 11) is 0. The van der Waals surface area contributed by atoms with Crippen LogP contribution in [0.2, 0.25) is 0 Å². The lowest BCUT2D eigenvalue weighted by Gasteiger charge is -2.33. The smallest absolute Gasteiger partial charge is 0.317 e. The second-order valence-electron chi connectivity index (χ2n) is 6.18. The molecule has 1 aromatic heterocycles. The molecule has 5 nitrogen and oxygen atoms in total. The molecule has 1 rings (SSSR count). The molecule has 0 fully saturated rings. The molecule has 20 heavy (non-hydrogen) atoms. The molecule has 0 aliphatic carbocycles. The minimum atomic E-state index is -0.806. The van der Waals surface area contributed by atoms with E-state index in [0.29, 0.717) is 12.6 Å². The number of nitrogens with zero attached hydrogens (tertiary/aromatic N) is 3. The third-order valence-corrected chi connectivity index (χ3v) is 3.61. The van der Waals surface area contributed by atoms with Gasteiger partial charge >= 0.3 is 5.97 Å². The Hall–Kier alpha value is -1.36. The van der Waals surface area contributed by atoms with E-state index in [1.807, 2.05) is 42.6 Å². The molecule has 0 aromatic carbocycles. The van der Waals surface area contributed by atoms with Gasteiger partial charge in [0.2, 0.25) is 0 Å². The minimum Gasteiger partial charge on any atom is -0.480 e. The number of hydrogen-bond donors (Lipinski definition) is 1. The highest BCUT2D eigenvalue weighted by Crippen LogP contribution is 2.18. The summed E-state index contributed by atoms with van der Waals surface area (Å²) >= 11 is 0. The number of aliphatic carboxylic acids is 1. The number of aromatic nitrogens is 2. The van der Waals surface area contributed by atoms with Crippen LogP contribution in [0, 0.1) is 0 Å². The van der Waals surface area contributed by atoms with E-state index in [1.54, 1.807) is 0 Å². The van der Waals surface area contributed by atoms with Crippen molar-refractivity contribution < 1.29 is 9.90 Å². The highest BCUT2D eigenvalue weighted by molar-refractivity contribution is 5.69. The van der Waals surface area contributed by atoms with Gasteiger partial charge in [-0.05, 0) is 39.7 Å². The van der Waals surface area contributed by atoms with E-state index in [9.17, 15) is 4.79 Å². The lowest BCUT2D eigenvalue weighted by atomic mass is 10.1. The van der Waals surface area contributed by atoms with Crippen molar-refractivity contribution in [2.45, 2.75) is 65.6 Å². The maximum atomic E-state index is 11.0. The van der Waals surface area contributed by atoms with Crippen molar-refractivity contribution in [3.05, 3.63) is 18.0 Å². The Morgan fingerprint density at radius 1 is 1.40 bits per heavy atom. The summed E-state index contributed by atoms with van der Waals surface area (Å²) < 4.78 is 2.00. The Morgan fingerprint density at radius 3 is 2.45 bits per heavy atom. The van der Waals surface area contributed by atoms with Gasteiger partial charge < -0.3 is 5.11 Å². The van der Waals surface area contributed by atoms with Gasteiger partial charge in [-0.1, -0.05) is 13.8 Å². The Kier molecular flexibility index (Phi) is 5.74. The first-order valence-electron chi connectivity index (χ1n) is 7.28. The summed E-state index contributed by atoms with van der Waals surface area (Å²) in [6.45, 7) is 11.0. The molecule has 0 saturated heterocycles. The average molecular weight is 281 g/mol. The van der Waals surface area contributed by atoms with Crippen LogP contribution in [-0.2, 0) is 11.3 Å². The van der Waals surface area contributed by atoms with Crippen molar-refractivity contribution in [3.8, 4) is 0 Å². The monoisotopic (exact) mass is 281 g/mol. The van der Waals surface area contributed by atoms with Crippen molar-refractivity contribution in [1.29, 1.82) is 0 Å². The summed E-state index contributed by atoms with van der Waals surface area (Å²) in [5.74, 6) is -0.806. The topological polar surface area (TPSA) is 58.4 Å². The fourth-order valence-electron chi connectivity index (χ4n) is 2.22. The largest absolute Gasteiger partial charge is 0.480 e. The molecule has 5 heteroatoms. The SMILES string of the molecule is CCC(CC)n1ccc(CN(CC(=O)O)C(C)(C)C)n1. The molecule has 114 valence electrons. The zero-order valence-corrected chi connectivity index (χ0v) is 13.3. The normalized spacial score (nSPS) is 12.3. The number of hydrogen-bond acceptors (Lipinski definition) is 3. The number of carboxylic acids is 1. The molecule has 0 spiro atoms. The fourth-order valence-corrected chi connectivity index (χ4v) is 2.22. The van der Waals surface area contributed by atoms with E-state index >= 15 is 0 Å². The van der Waals surface area contributed by atoms with Crippen LogP contribution < -0.4 is 0 Å². The Bertz CT molecular complexity index is 431. The Labute approximate surface area is 121 Å². The molecule has 0 atom stereocenters. The van der Waals surface area contributed by atoms with Gasteiger partial charge in [0.15, 0.2) is 0 Å². The lowest BCUT2D eigenvalue weighted by Crippen LogP contribution is -2.43. The van der Waals surface area contributed by atoms with Gasteiger partial charge in [0, 0.05) is 18.3 Å². The first-order valence-corrected chi connectivity index (χ1v) is 7.28. The van der Waals surface area contributed by atoms with Crippen LogP contribution >= 0.6 is 0 Å². The van der Waals surface area contributed by atoms with E-state index < -0.39 is 5.97 Å². The molecule has 0 saturated carbocycles. The van der Waals surface area contributed by atoms with Crippen molar-refractivity contribution in [1.82, 2.24) is 14.7 Å². The molecular weight excluding hydrogens is 254 g/mol. The number of rotatable bonds is 7. The summed E-state index contributed by atoms with van der Waals surface area (Å²) in [6, 6.07) is 2.41. The van der Waals surface area contributed by atoms with E-state index in [2.05, 4.69) is 18.9 Å². The third kappa shape index (κ3) is 4.63. The molecule has 1 heterocycles. The summed E-state index contributed by atoms with van der Waals surface area (Å²) in [4.78, 5) is 12.9. The Morgan fingerprint density at radius 2 is 2.00 bits per heavy atom. The van der Waals surface area contributed by atoms with Crippen LogP contribution in [0.3, 0.4) is 0 Å². The number of carboxylic acid groups (broad SMARTS) is 1. The Balaban J connectivity index is 2.82. The lowest BCUT2D eigenvalue weighted by molar-refractivity contribution is -0.139. The zero-order chi connectivity index (χ0) is 15.3. The molecule has 0 aliphatic rings. The van der Waals surface area contributed by atoms with Gasteiger partial charge in [0.05, 0.1) is 18.3 Å². The van der Waals surface area contributed by atoms with Gasteiger partial charge in [0.1, 0.15) is 0 Å². The molecule has 0 aliphatic heterocycles. The highest BCUT2D eigenvalue weighted by atomic mass is 16.4. The molecule has 0 bridgehead atoms. The van der Waals surface area contributed by atoms with Gasteiger partial charge in [-0.25, -0.2) is 0 Å². The summed E-state index contributed by atoms with van der Waals surface area (Å²) in [6.07, 6.45) is 4.10. The van der Waals surface area contributed by atoms with Gasteiger partial charge in [0.25, 0.3) is 0 Å². The number of carbonyl (C=O) groups is 1. The van der Waals surface area contributed by atoms with E-state index in [0.717, 1.165) is 18.5 Å². The molecule has 0 radical (unpaired) electrons. The van der Waals surface area contributed by atoms with E-state index in [-0.39, 0.29) is 12.1 Å². The zero-order valence-electron chi connectivity index (χ0n) is 13.3. The molecule has 1 aromatic rings. The average Bonchev–Trinajstić information content (AvgIpc) is 2.77. The van der Waals surface area contributed by atoms with Gasteiger partial charge in [-0.3, -0.25) is 14.4 Å². The second kappa shape index (κ2) is 6.88. The van der Waals surface area contributed by atoms with Crippen molar-refractivity contribution in [3.63, 3.8) is 0 Å². The molecule has 0 amide bonds. The van der Waals surface area contributed by atoms with Crippen molar-refractivity contribution >= 4 is 5.97 Å². The first-order chi connectivity index (χ1) is 9.27. The van der Waals surface area contributed by atoms with Crippen molar-refractivity contribution in [2.75, 3.05) is 6.54 Å². The molecule has 0 unspecified atom stereocenters. The third-order valence-electron chi connectivity index (χ3n) is 3.61. The van der Waals surface area contributed by atoms with Gasteiger partial charge in [-0.15, -0.1) is 0 Å². The van der Waals surface area contributed by atoms with Crippen LogP contribution in [0.25, 0.3) is 0 Å².